The van der Waals surface area contributed by atoms with Crippen molar-refractivity contribution in [3.63, 3.8) is 0 Å². The lowest BCUT2D eigenvalue weighted by atomic mass is 10.1. The molecule has 0 saturated heterocycles. The second-order valence-corrected chi connectivity index (χ2v) is 3.24. The Morgan fingerprint density at radius 3 is 2.75 bits per heavy atom. The van der Waals surface area contributed by atoms with Gasteiger partial charge in [-0.05, 0) is 11.6 Å². The smallest absolute Gasteiger partial charge is 0.320 e. The first kappa shape index (κ1) is 12.3. The summed E-state index contributed by atoms with van der Waals surface area (Å²) in [5.41, 5.74) is 5.41. The summed E-state index contributed by atoms with van der Waals surface area (Å²) in [5, 5.41) is 18.0. The van der Waals surface area contributed by atoms with Gasteiger partial charge in [-0.1, -0.05) is 6.07 Å². The van der Waals surface area contributed by atoms with Crippen LogP contribution in [-0.2, 0) is 11.2 Å². The first-order valence-corrected chi connectivity index (χ1v) is 4.50. The van der Waals surface area contributed by atoms with Crippen molar-refractivity contribution >= 4 is 5.97 Å². The normalized spacial score (nSPS) is 12.2. The minimum Gasteiger partial charge on any atom is -0.505 e. The van der Waals surface area contributed by atoms with E-state index in [1.807, 2.05) is 0 Å². The number of carbonyl (C=O) groups is 1. The maximum atomic E-state index is 13.4. The lowest BCUT2D eigenvalue weighted by Crippen LogP contribution is -2.32. The molecule has 0 spiro atoms. The molecule has 1 atom stereocenters. The van der Waals surface area contributed by atoms with Crippen LogP contribution in [0.15, 0.2) is 12.1 Å². The first-order valence-electron chi connectivity index (χ1n) is 4.50. The van der Waals surface area contributed by atoms with Gasteiger partial charge in [0.2, 0.25) is 5.82 Å². The maximum Gasteiger partial charge on any atom is 0.320 e. The number of aliphatic carboxylic acids is 1. The Bertz CT molecular complexity index is 408. The van der Waals surface area contributed by atoms with Crippen molar-refractivity contribution in [3.8, 4) is 11.5 Å². The quantitative estimate of drug-likeness (QED) is 0.698. The maximum absolute atomic E-state index is 13.4. The second-order valence-electron chi connectivity index (χ2n) is 3.24. The van der Waals surface area contributed by atoms with Gasteiger partial charge in [0.25, 0.3) is 0 Å². The molecule has 0 radical (unpaired) electrons. The van der Waals surface area contributed by atoms with Gasteiger partial charge in [-0.15, -0.1) is 0 Å². The van der Waals surface area contributed by atoms with E-state index in [9.17, 15) is 14.3 Å². The van der Waals surface area contributed by atoms with Gasteiger partial charge < -0.3 is 20.7 Å². The number of hydrogen-bond acceptors (Lipinski definition) is 4. The van der Waals surface area contributed by atoms with E-state index < -0.39 is 23.6 Å². The third-order valence-corrected chi connectivity index (χ3v) is 2.14. The molecule has 4 N–H and O–H groups in total. The highest BCUT2D eigenvalue weighted by molar-refractivity contribution is 5.73. The molecule has 6 heteroatoms. The number of carboxylic acids is 1. The van der Waals surface area contributed by atoms with Crippen LogP contribution < -0.4 is 10.5 Å². The lowest BCUT2D eigenvalue weighted by Gasteiger charge is -2.10. The van der Waals surface area contributed by atoms with Gasteiger partial charge in [-0.2, -0.15) is 4.39 Å². The topological polar surface area (TPSA) is 92.8 Å². The van der Waals surface area contributed by atoms with Crippen molar-refractivity contribution in [2.45, 2.75) is 12.5 Å². The number of phenolic OH excluding ortho intramolecular Hbond substituents is 1. The van der Waals surface area contributed by atoms with Gasteiger partial charge in [0.05, 0.1) is 7.11 Å². The monoisotopic (exact) mass is 229 g/mol. The molecule has 0 aliphatic heterocycles. The Hall–Kier alpha value is -1.82. The first-order chi connectivity index (χ1) is 7.47. The molecule has 0 saturated carbocycles. The molecular weight excluding hydrogens is 217 g/mol. The zero-order chi connectivity index (χ0) is 12.3. The summed E-state index contributed by atoms with van der Waals surface area (Å²) in [5.74, 6) is -2.87. The molecule has 0 fully saturated rings. The molecule has 0 aliphatic carbocycles. The summed E-state index contributed by atoms with van der Waals surface area (Å²) in [4.78, 5) is 10.5. The van der Waals surface area contributed by atoms with Gasteiger partial charge in [0, 0.05) is 6.42 Å². The molecule has 1 aromatic rings. The van der Waals surface area contributed by atoms with Crippen molar-refractivity contribution < 1.29 is 24.1 Å². The highest BCUT2D eigenvalue weighted by Crippen LogP contribution is 2.29. The van der Waals surface area contributed by atoms with Crippen LogP contribution in [0.3, 0.4) is 0 Å². The Kier molecular flexibility index (Phi) is 3.68. The zero-order valence-corrected chi connectivity index (χ0v) is 8.61. The van der Waals surface area contributed by atoms with Crippen LogP contribution in [0.4, 0.5) is 4.39 Å². The van der Waals surface area contributed by atoms with Crippen molar-refractivity contribution in [3.05, 3.63) is 23.5 Å². The molecule has 88 valence electrons. The SMILES string of the molecule is COc1ccc(CC(N)C(=O)O)c(O)c1F. The third-order valence-electron chi connectivity index (χ3n) is 2.14. The number of aromatic hydroxyl groups is 1. The van der Waals surface area contributed by atoms with Crippen LogP contribution in [0.5, 0.6) is 11.5 Å². The Labute approximate surface area is 91.3 Å². The Morgan fingerprint density at radius 1 is 1.62 bits per heavy atom. The number of hydrogen-bond donors (Lipinski definition) is 3. The van der Waals surface area contributed by atoms with E-state index in [-0.39, 0.29) is 17.7 Å². The Morgan fingerprint density at radius 2 is 2.25 bits per heavy atom. The molecule has 0 amide bonds. The molecule has 0 aliphatic rings. The van der Waals surface area contributed by atoms with E-state index in [0.717, 1.165) is 0 Å². The second kappa shape index (κ2) is 4.80. The van der Waals surface area contributed by atoms with E-state index in [2.05, 4.69) is 4.74 Å². The standard InChI is InChI=1S/C10H12FNO4/c1-16-7-3-2-5(9(13)8(7)11)4-6(12)10(14)15/h2-3,6,13H,4,12H2,1H3,(H,14,15). The highest BCUT2D eigenvalue weighted by atomic mass is 19.1. The van der Waals surface area contributed by atoms with Crippen LogP contribution in [0, 0.1) is 5.82 Å². The number of ether oxygens (including phenoxy) is 1. The summed E-state index contributed by atoms with van der Waals surface area (Å²) >= 11 is 0. The fourth-order valence-electron chi connectivity index (χ4n) is 1.23. The van der Waals surface area contributed by atoms with E-state index in [4.69, 9.17) is 10.8 Å². The van der Waals surface area contributed by atoms with E-state index in [1.165, 1.54) is 19.2 Å². The van der Waals surface area contributed by atoms with E-state index >= 15 is 0 Å². The minimum absolute atomic E-state index is 0.106. The van der Waals surface area contributed by atoms with Crippen molar-refractivity contribution in [1.29, 1.82) is 0 Å². The Balaban J connectivity index is 2.99. The number of nitrogens with two attached hydrogens (primary N) is 1. The van der Waals surface area contributed by atoms with Gasteiger partial charge in [-0.25, -0.2) is 0 Å². The predicted octanol–water partition coefficient (Wildman–Crippen LogP) is 0.494. The minimum atomic E-state index is -1.21. The molecule has 0 bridgehead atoms. The number of rotatable bonds is 4. The summed E-state index contributed by atoms with van der Waals surface area (Å²) < 4.78 is 18.0. The molecule has 0 heterocycles. The van der Waals surface area contributed by atoms with Gasteiger partial charge in [0.1, 0.15) is 6.04 Å². The number of benzene rings is 1. The molecule has 1 unspecified atom stereocenters. The fourth-order valence-corrected chi connectivity index (χ4v) is 1.23. The van der Waals surface area contributed by atoms with Gasteiger partial charge >= 0.3 is 5.97 Å². The summed E-state index contributed by atoms with van der Waals surface area (Å²) in [7, 11) is 1.26. The molecular formula is C10H12FNO4. The summed E-state index contributed by atoms with van der Waals surface area (Å²) in [6, 6.07) is 1.50. The van der Waals surface area contributed by atoms with E-state index in [1.54, 1.807) is 0 Å². The predicted molar refractivity (Wildman–Crippen MR) is 53.9 cm³/mol. The van der Waals surface area contributed by atoms with Crippen LogP contribution in [0.2, 0.25) is 0 Å². The lowest BCUT2D eigenvalue weighted by molar-refractivity contribution is -0.138. The summed E-state index contributed by atoms with van der Waals surface area (Å²) in [6.45, 7) is 0. The molecule has 16 heavy (non-hydrogen) atoms. The number of halogens is 1. The number of phenols is 1. The number of methoxy groups -OCH3 is 1. The molecule has 1 rings (SSSR count). The van der Waals surface area contributed by atoms with Crippen molar-refractivity contribution in [2.24, 2.45) is 5.73 Å². The number of carboxylic acid groups (broad SMARTS) is 1. The third kappa shape index (κ3) is 2.40. The average molecular weight is 229 g/mol. The van der Waals surface area contributed by atoms with Crippen LogP contribution >= 0.6 is 0 Å². The average Bonchev–Trinajstić information content (AvgIpc) is 2.25. The van der Waals surface area contributed by atoms with Crippen LogP contribution in [0.1, 0.15) is 5.56 Å². The zero-order valence-electron chi connectivity index (χ0n) is 8.61. The van der Waals surface area contributed by atoms with Gasteiger partial charge in [0.15, 0.2) is 11.5 Å². The largest absolute Gasteiger partial charge is 0.505 e. The highest BCUT2D eigenvalue weighted by Gasteiger charge is 2.18. The molecule has 0 aromatic heterocycles. The molecule has 1 aromatic carbocycles. The van der Waals surface area contributed by atoms with Crippen molar-refractivity contribution in [2.75, 3.05) is 7.11 Å². The van der Waals surface area contributed by atoms with Gasteiger partial charge in [-0.3, -0.25) is 4.79 Å². The fraction of sp³-hybridized carbons (Fsp3) is 0.300. The van der Waals surface area contributed by atoms with Crippen LogP contribution in [0.25, 0.3) is 0 Å². The van der Waals surface area contributed by atoms with Crippen LogP contribution in [-0.4, -0.2) is 29.3 Å². The van der Waals surface area contributed by atoms with E-state index in [0.29, 0.717) is 0 Å². The summed E-state index contributed by atoms with van der Waals surface area (Å²) in [6.07, 6.45) is -0.151. The van der Waals surface area contributed by atoms with Crippen molar-refractivity contribution in [1.82, 2.24) is 0 Å². The molecule has 5 nitrogen and oxygen atoms in total.